The van der Waals surface area contributed by atoms with Gasteiger partial charge in [-0.05, 0) is 49.3 Å². The molecule has 0 amide bonds. The van der Waals surface area contributed by atoms with Gasteiger partial charge in [0.1, 0.15) is 11.6 Å². The van der Waals surface area contributed by atoms with Gasteiger partial charge in [-0.15, -0.1) is 45.9 Å². The zero-order chi connectivity index (χ0) is 18.2. The SMILES string of the molecule is CN=C(NCCCSc1ccc(F)cc1)NCc1nnc2n1CCCC2.I. The van der Waals surface area contributed by atoms with E-state index in [2.05, 4.69) is 30.4 Å². The third kappa shape index (κ3) is 6.63. The van der Waals surface area contributed by atoms with E-state index in [1.54, 1.807) is 18.8 Å². The highest BCUT2D eigenvalue weighted by Gasteiger charge is 2.15. The largest absolute Gasteiger partial charge is 0.356 e. The van der Waals surface area contributed by atoms with Gasteiger partial charge in [0.05, 0.1) is 6.54 Å². The monoisotopic (exact) mass is 504 g/mol. The zero-order valence-electron chi connectivity index (χ0n) is 15.4. The van der Waals surface area contributed by atoms with Gasteiger partial charge in [-0.25, -0.2) is 4.39 Å². The number of halogens is 2. The van der Waals surface area contributed by atoms with E-state index in [0.717, 1.165) is 54.2 Å². The summed E-state index contributed by atoms with van der Waals surface area (Å²) in [4.78, 5) is 5.34. The van der Waals surface area contributed by atoms with Crippen molar-refractivity contribution in [3.05, 3.63) is 41.7 Å². The fourth-order valence-electron chi connectivity index (χ4n) is 2.88. The summed E-state index contributed by atoms with van der Waals surface area (Å²) in [6.45, 7) is 2.45. The summed E-state index contributed by atoms with van der Waals surface area (Å²) < 4.78 is 15.1. The Balaban J connectivity index is 0.00000261. The van der Waals surface area contributed by atoms with Gasteiger partial charge in [-0.1, -0.05) is 0 Å². The molecule has 0 spiro atoms. The van der Waals surface area contributed by atoms with E-state index in [-0.39, 0.29) is 29.8 Å². The van der Waals surface area contributed by atoms with Crippen LogP contribution in [0.25, 0.3) is 0 Å². The standard InChI is InChI=1S/C18H25FN6S.HI/c1-20-18(21-10-4-12-26-15-8-6-14(19)7-9-15)22-13-17-24-23-16-5-2-3-11-25(16)17;/h6-9H,2-5,10-13H2,1H3,(H2,20,21,22);1H. The highest BCUT2D eigenvalue weighted by molar-refractivity contribution is 14.0. The second kappa shape index (κ2) is 11.5. The minimum absolute atomic E-state index is 0. The number of thioether (sulfide) groups is 1. The first-order chi connectivity index (χ1) is 12.8. The Labute approximate surface area is 180 Å². The zero-order valence-corrected chi connectivity index (χ0v) is 18.6. The van der Waals surface area contributed by atoms with Crippen molar-refractivity contribution in [1.29, 1.82) is 0 Å². The van der Waals surface area contributed by atoms with Crippen molar-refractivity contribution >= 4 is 41.7 Å². The van der Waals surface area contributed by atoms with Gasteiger partial charge in [0, 0.05) is 31.5 Å². The van der Waals surface area contributed by atoms with E-state index in [1.807, 2.05) is 12.1 Å². The molecule has 1 aliphatic heterocycles. The summed E-state index contributed by atoms with van der Waals surface area (Å²) in [5.41, 5.74) is 0. The molecule has 27 heavy (non-hydrogen) atoms. The molecule has 2 aromatic rings. The lowest BCUT2D eigenvalue weighted by Crippen LogP contribution is -2.38. The molecule has 0 fully saturated rings. The minimum atomic E-state index is -0.195. The molecular weight excluding hydrogens is 478 g/mol. The predicted molar refractivity (Wildman–Crippen MR) is 118 cm³/mol. The number of fused-ring (bicyclic) bond motifs is 1. The molecule has 0 aliphatic carbocycles. The fraction of sp³-hybridized carbons (Fsp3) is 0.500. The van der Waals surface area contributed by atoms with Gasteiger partial charge in [-0.3, -0.25) is 4.99 Å². The average Bonchev–Trinajstić information content (AvgIpc) is 3.08. The molecule has 9 heteroatoms. The average molecular weight is 504 g/mol. The molecule has 0 unspecified atom stereocenters. The number of hydrogen-bond donors (Lipinski definition) is 2. The highest BCUT2D eigenvalue weighted by atomic mass is 127. The molecule has 2 N–H and O–H groups in total. The third-order valence-corrected chi connectivity index (χ3v) is 5.37. The van der Waals surface area contributed by atoms with Gasteiger partial charge in [0.2, 0.25) is 0 Å². The smallest absolute Gasteiger partial charge is 0.191 e. The molecule has 2 heterocycles. The van der Waals surface area contributed by atoms with Gasteiger partial charge in [0.25, 0.3) is 0 Å². The van der Waals surface area contributed by atoms with E-state index in [0.29, 0.717) is 6.54 Å². The van der Waals surface area contributed by atoms with E-state index < -0.39 is 0 Å². The van der Waals surface area contributed by atoms with Crippen molar-refractivity contribution in [1.82, 2.24) is 25.4 Å². The molecule has 1 aliphatic rings. The number of aryl methyl sites for hydroxylation is 1. The number of guanidine groups is 1. The van der Waals surface area contributed by atoms with Crippen molar-refractivity contribution in [2.45, 2.75) is 43.7 Å². The molecule has 0 radical (unpaired) electrons. The molecule has 6 nitrogen and oxygen atoms in total. The second-order valence-corrected chi connectivity index (χ2v) is 7.32. The molecule has 0 saturated carbocycles. The quantitative estimate of drug-likeness (QED) is 0.199. The van der Waals surface area contributed by atoms with Crippen LogP contribution in [-0.4, -0.2) is 40.1 Å². The van der Waals surface area contributed by atoms with Gasteiger partial charge >= 0.3 is 0 Å². The fourth-order valence-corrected chi connectivity index (χ4v) is 3.74. The van der Waals surface area contributed by atoms with Crippen LogP contribution in [-0.2, 0) is 19.5 Å². The lowest BCUT2D eigenvalue weighted by molar-refractivity contribution is 0.504. The topological polar surface area (TPSA) is 67.1 Å². The first-order valence-corrected chi connectivity index (χ1v) is 9.98. The maximum atomic E-state index is 12.9. The van der Waals surface area contributed by atoms with Crippen LogP contribution in [0.2, 0.25) is 0 Å². The molecule has 1 aromatic carbocycles. The summed E-state index contributed by atoms with van der Waals surface area (Å²) in [6.07, 6.45) is 4.40. The maximum Gasteiger partial charge on any atom is 0.191 e. The van der Waals surface area contributed by atoms with Crippen molar-refractivity contribution in [3.8, 4) is 0 Å². The van der Waals surface area contributed by atoms with Crippen LogP contribution in [0, 0.1) is 5.82 Å². The minimum Gasteiger partial charge on any atom is -0.356 e. The Kier molecular flexibility index (Phi) is 9.32. The molecule has 0 bridgehead atoms. The first-order valence-electron chi connectivity index (χ1n) is 9.00. The summed E-state index contributed by atoms with van der Waals surface area (Å²) in [7, 11) is 1.77. The molecule has 0 saturated heterocycles. The molecular formula is C18H26FIN6S. The van der Waals surface area contributed by atoms with Crippen LogP contribution in [0.5, 0.6) is 0 Å². The lowest BCUT2D eigenvalue weighted by Gasteiger charge is -2.16. The Morgan fingerprint density at radius 2 is 2.04 bits per heavy atom. The number of aromatic nitrogens is 3. The first kappa shape index (κ1) is 21.9. The molecule has 3 rings (SSSR count). The molecule has 1 aromatic heterocycles. The predicted octanol–water partition coefficient (Wildman–Crippen LogP) is 3.22. The third-order valence-electron chi connectivity index (χ3n) is 4.27. The molecule has 0 atom stereocenters. The summed E-state index contributed by atoms with van der Waals surface area (Å²) in [5, 5.41) is 15.2. The van der Waals surface area contributed by atoms with Gasteiger partial charge in [0.15, 0.2) is 11.8 Å². The van der Waals surface area contributed by atoms with Crippen LogP contribution < -0.4 is 10.6 Å². The summed E-state index contributed by atoms with van der Waals surface area (Å²) in [6, 6.07) is 6.62. The van der Waals surface area contributed by atoms with Gasteiger partial charge < -0.3 is 15.2 Å². The van der Waals surface area contributed by atoms with Crippen LogP contribution in [0.3, 0.4) is 0 Å². The number of rotatable bonds is 7. The lowest BCUT2D eigenvalue weighted by atomic mass is 10.2. The Morgan fingerprint density at radius 1 is 1.22 bits per heavy atom. The van der Waals surface area contributed by atoms with E-state index in [9.17, 15) is 4.39 Å². The number of benzene rings is 1. The van der Waals surface area contributed by atoms with Crippen molar-refractivity contribution < 1.29 is 4.39 Å². The normalized spacial score (nSPS) is 13.6. The van der Waals surface area contributed by atoms with Crippen LogP contribution in [0.4, 0.5) is 4.39 Å². The maximum absolute atomic E-state index is 12.9. The number of nitrogens with zero attached hydrogens (tertiary/aromatic N) is 4. The second-order valence-electron chi connectivity index (χ2n) is 6.15. The number of aliphatic imine (C=N–C) groups is 1. The summed E-state index contributed by atoms with van der Waals surface area (Å²) in [5.74, 6) is 3.60. The molecule has 148 valence electrons. The van der Waals surface area contributed by atoms with Crippen molar-refractivity contribution in [3.63, 3.8) is 0 Å². The van der Waals surface area contributed by atoms with E-state index >= 15 is 0 Å². The van der Waals surface area contributed by atoms with Crippen LogP contribution in [0.1, 0.15) is 30.9 Å². The highest BCUT2D eigenvalue weighted by Crippen LogP contribution is 2.18. The van der Waals surface area contributed by atoms with Crippen LogP contribution >= 0.6 is 35.7 Å². The van der Waals surface area contributed by atoms with E-state index in [1.165, 1.54) is 25.0 Å². The Hall–Kier alpha value is -1.36. The number of hydrogen-bond acceptors (Lipinski definition) is 4. The van der Waals surface area contributed by atoms with E-state index in [4.69, 9.17) is 0 Å². The Bertz CT molecular complexity index is 734. The van der Waals surface area contributed by atoms with Crippen LogP contribution in [0.15, 0.2) is 34.2 Å². The number of nitrogens with one attached hydrogen (secondary N) is 2. The van der Waals surface area contributed by atoms with Gasteiger partial charge in [-0.2, -0.15) is 0 Å². The van der Waals surface area contributed by atoms with Crippen molar-refractivity contribution in [2.24, 2.45) is 4.99 Å². The summed E-state index contributed by atoms with van der Waals surface area (Å²) >= 11 is 1.73. The Morgan fingerprint density at radius 3 is 2.81 bits per heavy atom. The van der Waals surface area contributed by atoms with Crippen molar-refractivity contribution in [2.75, 3.05) is 19.3 Å².